The Labute approximate surface area is 97.2 Å². The Morgan fingerprint density at radius 3 is 2.18 bits per heavy atom. The summed E-state index contributed by atoms with van der Waals surface area (Å²) in [4.78, 5) is 11.3. The molecular formula is C9H17F2NO5. The molecule has 0 aliphatic rings. The Morgan fingerprint density at radius 2 is 1.76 bits per heavy atom. The van der Waals surface area contributed by atoms with Crippen LogP contribution in [0.1, 0.15) is 6.42 Å². The van der Waals surface area contributed by atoms with Crippen molar-refractivity contribution >= 4 is 5.91 Å². The monoisotopic (exact) mass is 257 g/mol. The molecule has 0 saturated carbocycles. The van der Waals surface area contributed by atoms with Crippen molar-refractivity contribution < 1.29 is 33.6 Å². The summed E-state index contributed by atoms with van der Waals surface area (Å²) in [5, 5.41) is 28.9. The van der Waals surface area contributed by atoms with Crippen LogP contribution in [0.5, 0.6) is 0 Å². The number of halogens is 2. The highest BCUT2D eigenvalue weighted by Crippen LogP contribution is 2.02. The van der Waals surface area contributed by atoms with Gasteiger partial charge in [0.25, 0.3) is 6.43 Å². The van der Waals surface area contributed by atoms with Gasteiger partial charge in [0.15, 0.2) is 0 Å². The number of alkyl halides is 2. The van der Waals surface area contributed by atoms with Gasteiger partial charge in [0.2, 0.25) is 5.91 Å². The van der Waals surface area contributed by atoms with E-state index in [9.17, 15) is 13.6 Å². The Morgan fingerprint density at radius 1 is 1.24 bits per heavy atom. The first-order valence-corrected chi connectivity index (χ1v) is 4.99. The van der Waals surface area contributed by atoms with Crippen LogP contribution in [-0.4, -0.2) is 66.2 Å². The molecule has 0 aromatic heterocycles. The van der Waals surface area contributed by atoms with E-state index in [2.05, 4.69) is 10.1 Å². The van der Waals surface area contributed by atoms with Gasteiger partial charge in [-0.2, -0.15) is 0 Å². The molecular weight excluding hydrogens is 240 g/mol. The van der Waals surface area contributed by atoms with Gasteiger partial charge < -0.3 is 25.4 Å². The number of hydrogen-bond donors (Lipinski definition) is 4. The number of nitrogens with one attached hydrogen (secondary N) is 1. The molecule has 0 rings (SSSR count). The second-order valence-electron chi connectivity index (χ2n) is 3.52. The summed E-state index contributed by atoms with van der Waals surface area (Å²) < 4.78 is 27.8. The number of carbonyl (C=O) groups is 1. The van der Waals surface area contributed by atoms with Gasteiger partial charge in [-0.25, -0.2) is 8.78 Å². The van der Waals surface area contributed by atoms with Gasteiger partial charge in [0.05, 0.1) is 26.4 Å². The van der Waals surface area contributed by atoms with Gasteiger partial charge in [0, 0.05) is 6.42 Å². The third-order valence-electron chi connectivity index (χ3n) is 2.03. The fraction of sp³-hybridized carbons (Fsp3) is 0.889. The predicted octanol–water partition coefficient (Wildman–Crippen LogP) is -1.51. The summed E-state index contributed by atoms with van der Waals surface area (Å²) in [5.41, 5.74) is -1.50. The summed E-state index contributed by atoms with van der Waals surface area (Å²) in [6, 6.07) is 0. The van der Waals surface area contributed by atoms with E-state index >= 15 is 0 Å². The van der Waals surface area contributed by atoms with Crippen molar-refractivity contribution in [2.45, 2.75) is 18.4 Å². The van der Waals surface area contributed by atoms with Crippen LogP contribution in [0.25, 0.3) is 0 Å². The molecule has 6 nitrogen and oxygen atoms in total. The summed E-state index contributed by atoms with van der Waals surface area (Å²) in [7, 11) is 0. The molecule has 0 unspecified atom stereocenters. The molecule has 0 aromatic rings. The second-order valence-corrected chi connectivity index (χ2v) is 3.52. The Kier molecular flexibility index (Phi) is 7.88. The van der Waals surface area contributed by atoms with E-state index in [4.69, 9.17) is 15.3 Å². The zero-order valence-electron chi connectivity index (χ0n) is 9.23. The minimum absolute atomic E-state index is 0.200. The minimum atomic E-state index is -2.59. The fourth-order valence-corrected chi connectivity index (χ4v) is 0.964. The maximum Gasteiger partial charge on any atom is 0.261 e. The molecule has 0 aromatic carbocycles. The molecule has 0 saturated heterocycles. The topological polar surface area (TPSA) is 99.0 Å². The van der Waals surface area contributed by atoms with Crippen molar-refractivity contribution in [2.24, 2.45) is 0 Å². The first-order chi connectivity index (χ1) is 7.99. The fourth-order valence-electron chi connectivity index (χ4n) is 0.964. The van der Waals surface area contributed by atoms with Gasteiger partial charge in [-0.15, -0.1) is 0 Å². The quantitative estimate of drug-likeness (QED) is 0.376. The molecule has 17 heavy (non-hydrogen) atoms. The van der Waals surface area contributed by atoms with Crippen molar-refractivity contribution in [3.8, 4) is 0 Å². The summed E-state index contributed by atoms with van der Waals surface area (Å²) in [5.74, 6) is -0.614. The minimum Gasteiger partial charge on any atom is -0.394 e. The van der Waals surface area contributed by atoms with Crippen molar-refractivity contribution in [1.29, 1.82) is 0 Å². The predicted molar refractivity (Wildman–Crippen MR) is 53.6 cm³/mol. The molecule has 4 N–H and O–H groups in total. The molecule has 0 aliphatic heterocycles. The number of amides is 1. The molecule has 1 amide bonds. The second kappa shape index (κ2) is 8.29. The molecule has 102 valence electrons. The number of rotatable bonds is 9. The molecule has 0 atom stereocenters. The lowest BCUT2D eigenvalue weighted by molar-refractivity contribution is -0.126. The molecule has 0 aliphatic carbocycles. The molecule has 0 bridgehead atoms. The van der Waals surface area contributed by atoms with E-state index in [1.807, 2.05) is 0 Å². The Hall–Kier alpha value is -0.830. The number of aliphatic hydroxyl groups excluding tert-OH is 3. The zero-order valence-corrected chi connectivity index (χ0v) is 9.23. The zero-order chi connectivity index (χ0) is 13.3. The highest BCUT2D eigenvalue weighted by molar-refractivity contribution is 5.76. The van der Waals surface area contributed by atoms with Gasteiger partial charge in [-0.05, 0) is 0 Å². The van der Waals surface area contributed by atoms with Gasteiger partial charge >= 0.3 is 0 Å². The summed E-state index contributed by atoms with van der Waals surface area (Å²) in [6.07, 6.45) is -2.79. The van der Waals surface area contributed by atoms with Crippen LogP contribution in [0.4, 0.5) is 8.78 Å². The molecule has 0 radical (unpaired) electrons. The van der Waals surface area contributed by atoms with Crippen LogP contribution in [0.15, 0.2) is 0 Å². The lowest BCUT2D eigenvalue weighted by Gasteiger charge is -2.28. The van der Waals surface area contributed by atoms with Crippen LogP contribution >= 0.6 is 0 Å². The van der Waals surface area contributed by atoms with Crippen molar-refractivity contribution in [3.63, 3.8) is 0 Å². The van der Waals surface area contributed by atoms with E-state index < -0.39 is 44.3 Å². The average molecular weight is 257 g/mol. The first-order valence-electron chi connectivity index (χ1n) is 4.99. The van der Waals surface area contributed by atoms with Crippen LogP contribution in [-0.2, 0) is 9.53 Å². The van der Waals surface area contributed by atoms with Crippen LogP contribution in [0.2, 0.25) is 0 Å². The molecule has 8 heteroatoms. The van der Waals surface area contributed by atoms with Gasteiger partial charge in [-0.3, -0.25) is 4.79 Å². The van der Waals surface area contributed by atoms with E-state index in [0.29, 0.717) is 0 Å². The third kappa shape index (κ3) is 6.47. The van der Waals surface area contributed by atoms with E-state index in [1.165, 1.54) is 0 Å². The molecule has 0 fully saturated rings. The summed E-state index contributed by atoms with van der Waals surface area (Å²) >= 11 is 0. The maximum absolute atomic E-state index is 11.7. The van der Waals surface area contributed by atoms with Crippen molar-refractivity contribution in [1.82, 2.24) is 5.32 Å². The number of carbonyl (C=O) groups excluding carboxylic acids is 1. The van der Waals surface area contributed by atoms with Crippen LogP contribution < -0.4 is 5.32 Å². The van der Waals surface area contributed by atoms with Crippen molar-refractivity contribution in [3.05, 3.63) is 0 Å². The lowest BCUT2D eigenvalue weighted by Crippen LogP contribution is -2.57. The van der Waals surface area contributed by atoms with Gasteiger partial charge in [-0.1, -0.05) is 0 Å². The SMILES string of the molecule is O=C(CCOCC(F)F)NC(CO)(CO)CO. The standard InChI is InChI=1S/C9H17F2NO5/c10-7(11)3-17-2-1-8(16)12-9(4-13,5-14)6-15/h7,13-15H,1-6H2,(H,12,16). The largest absolute Gasteiger partial charge is 0.394 e. The molecule has 0 heterocycles. The van der Waals surface area contributed by atoms with E-state index in [0.717, 1.165) is 0 Å². The smallest absolute Gasteiger partial charge is 0.261 e. The van der Waals surface area contributed by atoms with Gasteiger partial charge in [0.1, 0.15) is 12.1 Å². The first kappa shape index (κ1) is 16.2. The summed E-state index contributed by atoms with van der Waals surface area (Å²) in [6.45, 7) is -2.86. The van der Waals surface area contributed by atoms with E-state index in [-0.39, 0.29) is 13.0 Å². The average Bonchev–Trinajstić information content (AvgIpc) is 2.32. The normalized spacial score (nSPS) is 11.9. The number of ether oxygens (including phenoxy) is 1. The number of hydrogen-bond acceptors (Lipinski definition) is 5. The third-order valence-corrected chi connectivity index (χ3v) is 2.03. The lowest BCUT2D eigenvalue weighted by atomic mass is 10.0. The molecule has 0 spiro atoms. The Bertz CT molecular complexity index is 215. The maximum atomic E-state index is 11.7. The highest BCUT2D eigenvalue weighted by atomic mass is 19.3. The van der Waals surface area contributed by atoms with Crippen LogP contribution in [0.3, 0.4) is 0 Å². The van der Waals surface area contributed by atoms with Crippen molar-refractivity contribution in [2.75, 3.05) is 33.0 Å². The highest BCUT2D eigenvalue weighted by Gasteiger charge is 2.29. The van der Waals surface area contributed by atoms with Crippen LogP contribution in [0, 0.1) is 0 Å². The van der Waals surface area contributed by atoms with E-state index in [1.54, 1.807) is 0 Å². The number of aliphatic hydroxyl groups is 3. The Balaban J connectivity index is 3.91.